The molecule has 94 valence electrons. The number of rotatable bonds is 3. The molecule has 0 heterocycles. The maximum atomic E-state index is 9.99. The molecule has 18 heavy (non-hydrogen) atoms. The molecule has 2 rings (SSSR count). The summed E-state index contributed by atoms with van der Waals surface area (Å²) in [6.07, 6.45) is 0. The van der Waals surface area contributed by atoms with E-state index in [1.54, 1.807) is 24.3 Å². The van der Waals surface area contributed by atoms with Gasteiger partial charge in [-0.15, -0.1) is 0 Å². The van der Waals surface area contributed by atoms with Crippen LogP contribution in [0.5, 0.6) is 11.5 Å². The molecule has 4 heteroatoms. The van der Waals surface area contributed by atoms with Gasteiger partial charge in [0.05, 0.1) is 0 Å². The molecule has 0 aliphatic rings. The molecule has 2 N–H and O–H groups in total. The van der Waals surface area contributed by atoms with E-state index in [9.17, 15) is 10.2 Å². The zero-order valence-electron chi connectivity index (χ0n) is 10.4. The van der Waals surface area contributed by atoms with E-state index in [2.05, 4.69) is 0 Å². The first-order valence-electron chi connectivity index (χ1n) is 5.64. The van der Waals surface area contributed by atoms with Crippen molar-refractivity contribution in [2.45, 2.75) is 0 Å². The molecule has 2 aromatic rings. The molecule has 0 atom stereocenters. The Balaban J connectivity index is 2.55. The summed E-state index contributed by atoms with van der Waals surface area (Å²) in [5.41, 5.74) is 0. The van der Waals surface area contributed by atoms with Crippen LogP contribution in [0.3, 0.4) is 0 Å². The van der Waals surface area contributed by atoms with Gasteiger partial charge in [0.2, 0.25) is 0 Å². The summed E-state index contributed by atoms with van der Waals surface area (Å²) in [6, 6.07) is 14.5. The highest BCUT2D eigenvalue weighted by atomic mass is 31.1. The van der Waals surface area contributed by atoms with Gasteiger partial charge in [0.25, 0.3) is 0 Å². The van der Waals surface area contributed by atoms with Crippen LogP contribution in [0.2, 0.25) is 0 Å². The number of nitrogens with zero attached hydrogens (tertiary/aromatic N) is 1. The van der Waals surface area contributed by atoms with Crippen molar-refractivity contribution in [1.82, 2.24) is 4.67 Å². The second-order valence-corrected chi connectivity index (χ2v) is 6.52. The van der Waals surface area contributed by atoms with Gasteiger partial charge in [0, 0.05) is 18.7 Å². The Morgan fingerprint density at radius 1 is 0.778 bits per heavy atom. The zero-order valence-corrected chi connectivity index (χ0v) is 11.3. The fourth-order valence-electron chi connectivity index (χ4n) is 1.85. The normalized spacial score (nSPS) is 11.1. The van der Waals surface area contributed by atoms with Gasteiger partial charge in [0.15, 0.2) is 0 Å². The molecule has 0 bridgehead atoms. The van der Waals surface area contributed by atoms with E-state index < -0.39 is 8.07 Å². The second kappa shape index (κ2) is 5.38. The number of benzene rings is 2. The molecule has 0 unspecified atom stereocenters. The van der Waals surface area contributed by atoms with Crippen molar-refractivity contribution < 1.29 is 10.2 Å². The number of hydrogen-bond acceptors (Lipinski definition) is 3. The van der Waals surface area contributed by atoms with Gasteiger partial charge < -0.3 is 10.2 Å². The van der Waals surface area contributed by atoms with Crippen molar-refractivity contribution in [3.8, 4) is 11.5 Å². The first-order chi connectivity index (χ1) is 8.61. The Hall–Kier alpha value is -1.57. The molecule has 0 radical (unpaired) electrons. The van der Waals surface area contributed by atoms with E-state index in [4.69, 9.17) is 0 Å². The van der Waals surface area contributed by atoms with Gasteiger partial charge >= 0.3 is 0 Å². The molecular weight excluding hydrogens is 245 g/mol. The van der Waals surface area contributed by atoms with Crippen LogP contribution in [0.4, 0.5) is 0 Å². The van der Waals surface area contributed by atoms with Gasteiger partial charge in [-0.05, 0) is 38.4 Å². The second-order valence-electron chi connectivity index (χ2n) is 4.14. The van der Waals surface area contributed by atoms with Gasteiger partial charge in [-0.1, -0.05) is 24.3 Å². The van der Waals surface area contributed by atoms with E-state index in [1.807, 2.05) is 43.0 Å². The summed E-state index contributed by atoms with van der Waals surface area (Å²) < 4.78 is 2.03. The number of hydrogen-bond donors (Lipinski definition) is 2. The third kappa shape index (κ3) is 2.47. The Bertz CT molecular complexity index is 497. The molecule has 0 spiro atoms. The monoisotopic (exact) mass is 261 g/mol. The summed E-state index contributed by atoms with van der Waals surface area (Å²) in [5, 5.41) is 21.7. The molecule has 0 aromatic heterocycles. The lowest BCUT2D eigenvalue weighted by molar-refractivity contribution is 0.478. The smallest absolute Gasteiger partial charge is 0.124 e. The predicted molar refractivity (Wildman–Crippen MR) is 76.1 cm³/mol. The van der Waals surface area contributed by atoms with Crippen LogP contribution in [0.1, 0.15) is 0 Å². The van der Waals surface area contributed by atoms with Crippen LogP contribution in [0.25, 0.3) is 0 Å². The maximum absolute atomic E-state index is 9.99. The summed E-state index contributed by atoms with van der Waals surface area (Å²) in [6.45, 7) is 0. The number of phenols is 2. The summed E-state index contributed by atoms with van der Waals surface area (Å²) in [7, 11) is 2.98. The van der Waals surface area contributed by atoms with Crippen molar-refractivity contribution in [3.63, 3.8) is 0 Å². The third-order valence-corrected chi connectivity index (χ3v) is 5.09. The molecule has 2 aromatic carbocycles. The Kier molecular flexibility index (Phi) is 3.85. The van der Waals surface area contributed by atoms with Gasteiger partial charge in [-0.3, -0.25) is 4.67 Å². The third-order valence-electron chi connectivity index (χ3n) is 2.62. The van der Waals surface area contributed by atoms with Crippen LogP contribution in [-0.4, -0.2) is 29.0 Å². The minimum atomic E-state index is -0.918. The Labute approximate surface area is 108 Å². The van der Waals surface area contributed by atoms with Gasteiger partial charge in [0.1, 0.15) is 11.5 Å². The average molecular weight is 261 g/mol. The molecule has 0 amide bonds. The van der Waals surface area contributed by atoms with Crippen LogP contribution in [0.15, 0.2) is 48.5 Å². The molecule has 0 saturated heterocycles. The number of para-hydroxylation sites is 2. The predicted octanol–water partition coefficient (Wildman–Crippen LogP) is 2.01. The molecular formula is C14H16NO2P. The summed E-state index contributed by atoms with van der Waals surface area (Å²) in [4.78, 5) is 0. The van der Waals surface area contributed by atoms with Crippen molar-refractivity contribution in [2.75, 3.05) is 14.1 Å². The standard InChI is InChI=1S/C14H16NO2P/c1-15(2)18(13-9-5-3-7-11(13)16)14-10-6-4-8-12(14)17/h3-10,16-17H,1-2H3. The van der Waals surface area contributed by atoms with E-state index >= 15 is 0 Å². The fourth-order valence-corrected chi connectivity index (χ4v) is 4.01. The topological polar surface area (TPSA) is 43.7 Å². The van der Waals surface area contributed by atoms with E-state index in [0.29, 0.717) is 0 Å². The highest BCUT2D eigenvalue weighted by Gasteiger charge is 2.21. The number of phenolic OH excluding ortho intramolecular Hbond substituents is 2. The SMILES string of the molecule is CN(C)P(c1ccccc1O)c1ccccc1O. The lowest BCUT2D eigenvalue weighted by Crippen LogP contribution is -2.23. The minimum absolute atomic E-state index is 0.264. The van der Waals surface area contributed by atoms with Crippen molar-refractivity contribution in [2.24, 2.45) is 0 Å². The minimum Gasteiger partial charge on any atom is -0.507 e. The van der Waals surface area contributed by atoms with Gasteiger partial charge in [-0.2, -0.15) is 0 Å². The van der Waals surface area contributed by atoms with Crippen LogP contribution in [0, 0.1) is 0 Å². The van der Waals surface area contributed by atoms with Crippen molar-refractivity contribution >= 4 is 18.7 Å². The van der Waals surface area contributed by atoms with E-state index in [-0.39, 0.29) is 11.5 Å². The molecule has 0 fully saturated rings. The molecule has 0 aliphatic heterocycles. The zero-order chi connectivity index (χ0) is 13.1. The van der Waals surface area contributed by atoms with E-state index in [0.717, 1.165) is 10.6 Å². The first kappa shape index (κ1) is 12.9. The Morgan fingerprint density at radius 2 is 1.17 bits per heavy atom. The maximum Gasteiger partial charge on any atom is 0.124 e. The van der Waals surface area contributed by atoms with Crippen LogP contribution < -0.4 is 10.6 Å². The molecule has 3 nitrogen and oxygen atoms in total. The molecule has 0 aliphatic carbocycles. The Morgan fingerprint density at radius 3 is 1.50 bits per heavy atom. The van der Waals surface area contributed by atoms with Crippen molar-refractivity contribution in [3.05, 3.63) is 48.5 Å². The molecule has 0 saturated carbocycles. The number of aromatic hydroxyl groups is 2. The van der Waals surface area contributed by atoms with Crippen molar-refractivity contribution in [1.29, 1.82) is 0 Å². The van der Waals surface area contributed by atoms with Gasteiger partial charge in [-0.25, -0.2) is 0 Å². The summed E-state index contributed by atoms with van der Waals surface area (Å²) >= 11 is 0. The highest BCUT2D eigenvalue weighted by molar-refractivity contribution is 7.71. The summed E-state index contributed by atoms with van der Waals surface area (Å²) in [5.74, 6) is 0.529. The van der Waals surface area contributed by atoms with E-state index in [1.165, 1.54) is 0 Å². The quantitative estimate of drug-likeness (QED) is 0.831. The fraction of sp³-hybridized carbons (Fsp3) is 0.143. The largest absolute Gasteiger partial charge is 0.507 e. The highest BCUT2D eigenvalue weighted by Crippen LogP contribution is 2.40. The lowest BCUT2D eigenvalue weighted by atomic mass is 10.3. The first-order valence-corrected chi connectivity index (χ1v) is 6.94. The van der Waals surface area contributed by atoms with Crippen LogP contribution in [-0.2, 0) is 0 Å². The average Bonchev–Trinajstić information content (AvgIpc) is 2.34. The van der Waals surface area contributed by atoms with Crippen LogP contribution >= 0.6 is 8.07 Å². The lowest BCUT2D eigenvalue weighted by Gasteiger charge is -2.26.